The lowest BCUT2D eigenvalue weighted by atomic mass is 10.1. The number of aldehydes is 1. The third-order valence-electron chi connectivity index (χ3n) is 2.23. The predicted octanol–water partition coefficient (Wildman–Crippen LogP) is 1.05. The molecule has 0 amide bonds. The minimum atomic E-state index is -2.78. The Morgan fingerprint density at radius 2 is 2.25 bits per heavy atom. The van der Waals surface area contributed by atoms with Crippen LogP contribution in [0.5, 0.6) is 0 Å². The Labute approximate surface area is 91.1 Å². The number of hydrogen-bond acceptors (Lipinski definition) is 4. The van der Waals surface area contributed by atoms with Gasteiger partial charge in [-0.2, -0.15) is 0 Å². The highest BCUT2D eigenvalue weighted by atomic mass is 19.3. The van der Waals surface area contributed by atoms with Crippen molar-refractivity contribution in [2.24, 2.45) is 5.92 Å². The third kappa shape index (κ3) is 2.82. The molecule has 0 aliphatic heterocycles. The SMILES string of the molecule is CC(CCO)Cn1nnc(C=O)c1C(F)F. The summed E-state index contributed by atoms with van der Waals surface area (Å²) in [5, 5.41) is 15.6. The molecule has 1 aromatic heterocycles. The summed E-state index contributed by atoms with van der Waals surface area (Å²) in [4.78, 5) is 10.5. The van der Waals surface area contributed by atoms with E-state index in [0.717, 1.165) is 4.68 Å². The van der Waals surface area contributed by atoms with E-state index in [0.29, 0.717) is 6.42 Å². The number of aliphatic hydroxyl groups excluding tert-OH is 1. The molecule has 1 rings (SSSR count). The number of nitrogens with zero attached hydrogens (tertiary/aromatic N) is 3. The number of rotatable bonds is 6. The van der Waals surface area contributed by atoms with Gasteiger partial charge in [-0.25, -0.2) is 13.5 Å². The van der Waals surface area contributed by atoms with Crippen LogP contribution in [-0.2, 0) is 6.54 Å². The number of alkyl halides is 2. The molecule has 7 heteroatoms. The number of carbonyl (C=O) groups excluding carboxylic acids is 1. The van der Waals surface area contributed by atoms with Gasteiger partial charge in [0.2, 0.25) is 0 Å². The zero-order valence-corrected chi connectivity index (χ0v) is 8.81. The molecule has 90 valence electrons. The van der Waals surface area contributed by atoms with Gasteiger partial charge >= 0.3 is 0 Å². The number of carbonyl (C=O) groups is 1. The smallest absolute Gasteiger partial charge is 0.282 e. The van der Waals surface area contributed by atoms with Gasteiger partial charge in [0.05, 0.1) is 0 Å². The second kappa shape index (κ2) is 5.64. The van der Waals surface area contributed by atoms with E-state index in [1.165, 1.54) is 0 Å². The van der Waals surface area contributed by atoms with E-state index >= 15 is 0 Å². The third-order valence-corrected chi connectivity index (χ3v) is 2.23. The molecule has 0 spiro atoms. The van der Waals surface area contributed by atoms with Crippen molar-refractivity contribution in [2.45, 2.75) is 26.3 Å². The van der Waals surface area contributed by atoms with Crippen LogP contribution in [0.2, 0.25) is 0 Å². The maximum Gasteiger partial charge on any atom is 0.282 e. The van der Waals surface area contributed by atoms with E-state index in [4.69, 9.17) is 5.11 Å². The van der Waals surface area contributed by atoms with Crippen LogP contribution in [0.3, 0.4) is 0 Å². The predicted molar refractivity (Wildman–Crippen MR) is 51.2 cm³/mol. The van der Waals surface area contributed by atoms with Crippen LogP contribution in [-0.4, -0.2) is 33.0 Å². The second-order valence-corrected chi connectivity index (χ2v) is 3.58. The molecule has 1 heterocycles. The van der Waals surface area contributed by atoms with Crippen molar-refractivity contribution in [1.29, 1.82) is 0 Å². The summed E-state index contributed by atoms with van der Waals surface area (Å²) in [6, 6.07) is 0. The molecular weight excluding hydrogens is 220 g/mol. The molecule has 0 saturated carbocycles. The summed E-state index contributed by atoms with van der Waals surface area (Å²) in [7, 11) is 0. The van der Waals surface area contributed by atoms with Crippen molar-refractivity contribution >= 4 is 6.29 Å². The van der Waals surface area contributed by atoms with E-state index in [9.17, 15) is 13.6 Å². The van der Waals surface area contributed by atoms with E-state index in [2.05, 4.69) is 10.3 Å². The molecular formula is C9H13F2N3O2. The Hall–Kier alpha value is -1.37. The van der Waals surface area contributed by atoms with Crippen molar-refractivity contribution < 1.29 is 18.7 Å². The van der Waals surface area contributed by atoms with E-state index in [1.54, 1.807) is 6.92 Å². The van der Waals surface area contributed by atoms with Gasteiger partial charge < -0.3 is 5.11 Å². The molecule has 0 fully saturated rings. The fourth-order valence-corrected chi connectivity index (χ4v) is 1.38. The van der Waals surface area contributed by atoms with Gasteiger partial charge in [-0.15, -0.1) is 5.10 Å². The molecule has 0 aliphatic carbocycles. The Morgan fingerprint density at radius 1 is 1.56 bits per heavy atom. The zero-order valence-electron chi connectivity index (χ0n) is 8.81. The van der Waals surface area contributed by atoms with Crippen LogP contribution < -0.4 is 0 Å². The van der Waals surface area contributed by atoms with Crippen molar-refractivity contribution in [1.82, 2.24) is 15.0 Å². The van der Waals surface area contributed by atoms with Gasteiger partial charge in [-0.05, 0) is 12.3 Å². The molecule has 0 radical (unpaired) electrons. The fraction of sp³-hybridized carbons (Fsp3) is 0.667. The Morgan fingerprint density at radius 3 is 2.75 bits per heavy atom. The first kappa shape index (κ1) is 12.7. The van der Waals surface area contributed by atoms with Crippen molar-refractivity contribution in [3.63, 3.8) is 0 Å². The quantitative estimate of drug-likeness (QED) is 0.745. The average Bonchev–Trinajstić information content (AvgIpc) is 2.61. The van der Waals surface area contributed by atoms with E-state index in [-0.39, 0.29) is 31.0 Å². The molecule has 5 nitrogen and oxygen atoms in total. The molecule has 16 heavy (non-hydrogen) atoms. The summed E-state index contributed by atoms with van der Waals surface area (Å²) < 4.78 is 26.3. The van der Waals surface area contributed by atoms with Crippen molar-refractivity contribution in [2.75, 3.05) is 6.61 Å². The van der Waals surface area contributed by atoms with Crippen LogP contribution in [0.1, 0.15) is 36.0 Å². The fourth-order valence-electron chi connectivity index (χ4n) is 1.38. The number of halogens is 2. The van der Waals surface area contributed by atoms with E-state index in [1.807, 2.05) is 0 Å². The minimum Gasteiger partial charge on any atom is -0.396 e. The highest BCUT2D eigenvalue weighted by Crippen LogP contribution is 2.21. The van der Waals surface area contributed by atoms with Crippen LogP contribution in [0, 0.1) is 5.92 Å². The Kier molecular flexibility index (Phi) is 4.48. The molecule has 1 unspecified atom stereocenters. The number of aliphatic hydroxyl groups is 1. The standard InChI is InChI=1S/C9H13F2N3O2/c1-6(2-3-15)4-14-8(9(10)11)7(5-16)12-13-14/h5-6,9,15H,2-4H2,1H3. The molecule has 1 N–H and O–H groups in total. The highest BCUT2D eigenvalue weighted by molar-refractivity contribution is 5.73. The van der Waals surface area contributed by atoms with Crippen molar-refractivity contribution in [3.8, 4) is 0 Å². The minimum absolute atomic E-state index is 0.0105. The first-order valence-electron chi connectivity index (χ1n) is 4.87. The Bertz CT molecular complexity index is 355. The maximum atomic E-state index is 12.6. The van der Waals surface area contributed by atoms with Crippen LogP contribution >= 0.6 is 0 Å². The molecule has 0 saturated heterocycles. The topological polar surface area (TPSA) is 68.0 Å². The van der Waals surface area contributed by atoms with Gasteiger partial charge in [0.15, 0.2) is 12.0 Å². The Balaban J connectivity index is 2.87. The zero-order chi connectivity index (χ0) is 12.1. The highest BCUT2D eigenvalue weighted by Gasteiger charge is 2.22. The van der Waals surface area contributed by atoms with Crippen molar-refractivity contribution in [3.05, 3.63) is 11.4 Å². The summed E-state index contributed by atoms with van der Waals surface area (Å²) in [6.07, 6.45) is -2.03. The van der Waals surface area contributed by atoms with Gasteiger partial charge in [0.25, 0.3) is 6.43 Å². The maximum absolute atomic E-state index is 12.6. The summed E-state index contributed by atoms with van der Waals surface area (Å²) in [6.45, 7) is 2.00. The lowest BCUT2D eigenvalue weighted by molar-refractivity contribution is 0.109. The summed E-state index contributed by atoms with van der Waals surface area (Å²) >= 11 is 0. The molecule has 0 aliphatic rings. The molecule has 0 aromatic carbocycles. The lowest BCUT2D eigenvalue weighted by Gasteiger charge is -2.11. The number of aromatic nitrogens is 3. The molecule has 1 atom stereocenters. The first-order valence-corrected chi connectivity index (χ1v) is 4.87. The second-order valence-electron chi connectivity index (χ2n) is 3.58. The lowest BCUT2D eigenvalue weighted by Crippen LogP contribution is -2.14. The van der Waals surface area contributed by atoms with Gasteiger partial charge in [0, 0.05) is 13.2 Å². The number of hydrogen-bond donors (Lipinski definition) is 1. The van der Waals surface area contributed by atoms with Crippen LogP contribution in [0.25, 0.3) is 0 Å². The molecule has 0 bridgehead atoms. The van der Waals surface area contributed by atoms with Gasteiger partial charge in [0.1, 0.15) is 5.69 Å². The van der Waals surface area contributed by atoms with Crippen LogP contribution in [0.15, 0.2) is 0 Å². The normalized spacial score (nSPS) is 13.1. The summed E-state index contributed by atoms with van der Waals surface area (Å²) in [5.41, 5.74) is -0.786. The van der Waals surface area contributed by atoms with Crippen LogP contribution in [0.4, 0.5) is 8.78 Å². The average molecular weight is 233 g/mol. The largest absolute Gasteiger partial charge is 0.396 e. The van der Waals surface area contributed by atoms with Gasteiger partial charge in [-0.3, -0.25) is 4.79 Å². The van der Waals surface area contributed by atoms with Gasteiger partial charge in [-0.1, -0.05) is 12.1 Å². The summed E-state index contributed by atoms with van der Waals surface area (Å²) in [5.74, 6) is -0.0105. The first-order chi connectivity index (χ1) is 7.60. The molecule has 1 aromatic rings. The monoisotopic (exact) mass is 233 g/mol. The van der Waals surface area contributed by atoms with E-state index < -0.39 is 12.1 Å².